The zero-order valence-corrected chi connectivity index (χ0v) is 25.6. The van der Waals surface area contributed by atoms with E-state index >= 15 is 0 Å². The van der Waals surface area contributed by atoms with Crippen LogP contribution in [0.4, 0.5) is 0 Å². The van der Waals surface area contributed by atoms with Crippen molar-refractivity contribution in [1.82, 2.24) is 5.32 Å². The molecular formula is C36H63NO2. The molecule has 0 radical (unpaired) electrons. The summed E-state index contributed by atoms with van der Waals surface area (Å²) in [5.74, 6) is 3.09. The molecule has 0 aromatic carbocycles. The van der Waals surface area contributed by atoms with E-state index in [0.29, 0.717) is 11.5 Å². The van der Waals surface area contributed by atoms with Gasteiger partial charge in [-0.2, -0.15) is 0 Å². The van der Waals surface area contributed by atoms with Crippen molar-refractivity contribution in [2.45, 2.75) is 191 Å². The number of ether oxygens (including phenoxy) is 1. The van der Waals surface area contributed by atoms with Crippen molar-refractivity contribution < 1.29 is 9.53 Å². The maximum atomic E-state index is 12.8. The molecule has 1 N–H and O–H groups in total. The molecule has 6 aliphatic carbocycles. The Morgan fingerprint density at radius 3 is 1.51 bits per heavy atom. The molecule has 3 nitrogen and oxygen atoms in total. The standard InChI is InChI=1S/C36H63NO2/c38-34(26-39-33-24-13-9-5-6-10-14-25-33)37-36-27-35(28-36,29-36)32-22-16-15-20-31(21-17-23-32)30-18-11-7-3-1-2-4-8-12-19-30/h30-33H,1-29H2,(H,37,38). The second-order valence-corrected chi connectivity index (χ2v) is 15.2. The molecular weight excluding hydrogens is 478 g/mol. The highest BCUT2D eigenvalue weighted by Gasteiger charge is 2.70. The number of hydrogen-bond acceptors (Lipinski definition) is 2. The highest BCUT2D eigenvalue weighted by Crippen LogP contribution is 2.72. The van der Waals surface area contributed by atoms with Crippen molar-refractivity contribution in [3.8, 4) is 0 Å². The second-order valence-electron chi connectivity index (χ2n) is 15.2. The minimum atomic E-state index is 0.134. The molecule has 6 aliphatic rings. The van der Waals surface area contributed by atoms with E-state index in [2.05, 4.69) is 5.32 Å². The first-order valence-electron chi connectivity index (χ1n) is 18.1. The summed E-state index contributed by atoms with van der Waals surface area (Å²) >= 11 is 0. The first-order chi connectivity index (χ1) is 19.2. The summed E-state index contributed by atoms with van der Waals surface area (Å²) in [6.45, 7) is 0.283. The van der Waals surface area contributed by atoms with E-state index in [1.54, 1.807) is 0 Å². The van der Waals surface area contributed by atoms with Gasteiger partial charge >= 0.3 is 0 Å². The fraction of sp³-hybridized carbons (Fsp3) is 0.972. The van der Waals surface area contributed by atoms with Crippen LogP contribution in [0.15, 0.2) is 0 Å². The number of amides is 1. The lowest BCUT2D eigenvalue weighted by atomic mass is 9.35. The van der Waals surface area contributed by atoms with E-state index in [9.17, 15) is 4.79 Å². The summed E-state index contributed by atoms with van der Waals surface area (Å²) in [6.07, 6.45) is 39.5. The van der Waals surface area contributed by atoms with Gasteiger partial charge in [-0.1, -0.05) is 135 Å². The maximum Gasteiger partial charge on any atom is 0.246 e. The van der Waals surface area contributed by atoms with Gasteiger partial charge < -0.3 is 10.1 Å². The third-order valence-corrected chi connectivity index (χ3v) is 12.2. The zero-order valence-electron chi connectivity index (χ0n) is 25.6. The lowest BCUT2D eigenvalue weighted by Crippen LogP contribution is -2.76. The number of hydrogen-bond donors (Lipinski definition) is 1. The largest absolute Gasteiger partial charge is 0.368 e. The van der Waals surface area contributed by atoms with E-state index in [-0.39, 0.29) is 18.1 Å². The molecule has 0 aromatic rings. The van der Waals surface area contributed by atoms with E-state index in [0.717, 1.165) is 30.6 Å². The van der Waals surface area contributed by atoms with Crippen LogP contribution in [-0.4, -0.2) is 24.2 Å². The van der Waals surface area contributed by atoms with Crippen LogP contribution in [0.2, 0.25) is 0 Å². The molecule has 3 heteroatoms. The van der Waals surface area contributed by atoms with Crippen molar-refractivity contribution in [2.24, 2.45) is 23.2 Å². The lowest BCUT2D eigenvalue weighted by molar-refractivity contribution is -0.198. The van der Waals surface area contributed by atoms with Gasteiger partial charge in [0.15, 0.2) is 0 Å². The molecule has 6 fully saturated rings. The SMILES string of the molecule is O=C(COC1CCCCCCCC1)NC12CC(C3CCCCC(C4CCCCCCCCCC4)CCC3)(C1)C2. The Morgan fingerprint density at radius 1 is 0.538 bits per heavy atom. The van der Waals surface area contributed by atoms with Crippen LogP contribution in [0, 0.1) is 23.2 Å². The normalized spacial score (nSPS) is 36.7. The molecule has 6 rings (SSSR count). The Hall–Kier alpha value is -0.570. The van der Waals surface area contributed by atoms with Gasteiger partial charge in [-0.25, -0.2) is 0 Å². The van der Waals surface area contributed by atoms with Gasteiger partial charge in [-0.05, 0) is 68.1 Å². The monoisotopic (exact) mass is 541 g/mol. The van der Waals surface area contributed by atoms with Gasteiger partial charge in [0, 0.05) is 5.54 Å². The molecule has 0 saturated heterocycles. The number of carbonyl (C=O) groups excluding carboxylic acids is 1. The molecule has 0 aliphatic heterocycles. The van der Waals surface area contributed by atoms with E-state index in [4.69, 9.17) is 4.74 Å². The van der Waals surface area contributed by atoms with Gasteiger partial charge in [0.25, 0.3) is 0 Å². The lowest BCUT2D eigenvalue weighted by Gasteiger charge is -2.73. The Bertz CT molecular complexity index is 692. The average Bonchev–Trinajstić information content (AvgIpc) is 3.06. The summed E-state index contributed by atoms with van der Waals surface area (Å²) < 4.78 is 6.14. The van der Waals surface area contributed by atoms with Crippen LogP contribution in [0.5, 0.6) is 0 Å². The quantitative estimate of drug-likeness (QED) is 0.363. The van der Waals surface area contributed by atoms with Crippen LogP contribution in [0.25, 0.3) is 0 Å². The third kappa shape index (κ3) is 8.48. The molecule has 39 heavy (non-hydrogen) atoms. The minimum Gasteiger partial charge on any atom is -0.368 e. The molecule has 1 amide bonds. The van der Waals surface area contributed by atoms with Gasteiger partial charge in [0.05, 0.1) is 6.10 Å². The fourth-order valence-electron chi connectivity index (χ4n) is 10.0. The van der Waals surface area contributed by atoms with Crippen molar-refractivity contribution in [1.29, 1.82) is 0 Å². The number of carbonyl (C=O) groups is 1. The van der Waals surface area contributed by atoms with Gasteiger partial charge in [-0.3, -0.25) is 4.79 Å². The van der Waals surface area contributed by atoms with Crippen LogP contribution < -0.4 is 5.32 Å². The highest BCUT2D eigenvalue weighted by molar-refractivity contribution is 5.78. The minimum absolute atomic E-state index is 0.134. The zero-order chi connectivity index (χ0) is 26.8. The predicted octanol–water partition coefficient (Wildman–Crippen LogP) is 10.1. The molecule has 2 unspecified atom stereocenters. The second kappa shape index (κ2) is 15.1. The van der Waals surface area contributed by atoms with Gasteiger partial charge in [0.1, 0.15) is 6.61 Å². The predicted molar refractivity (Wildman–Crippen MR) is 163 cm³/mol. The average molecular weight is 542 g/mol. The van der Waals surface area contributed by atoms with Crippen LogP contribution in [-0.2, 0) is 9.53 Å². The van der Waals surface area contributed by atoms with Crippen molar-refractivity contribution in [3.63, 3.8) is 0 Å². The van der Waals surface area contributed by atoms with E-state index in [1.165, 1.54) is 167 Å². The first-order valence-corrected chi connectivity index (χ1v) is 18.1. The highest BCUT2D eigenvalue weighted by atomic mass is 16.5. The molecule has 2 bridgehead atoms. The van der Waals surface area contributed by atoms with Crippen molar-refractivity contribution in [3.05, 3.63) is 0 Å². The molecule has 6 saturated carbocycles. The van der Waals surface area contributed by atoms with Gasteiger partial charge in [-0.15, -0.1) is 0 Å². The molecule has 0 spiro atoms. The number of rotatable bonds is 6. The van der Waals surface area contributed by atoms with Crippen molar-refractivity contribution >= 4 is 5.91 Å². The molecule has 0 aromatic heterocycles. The van der Waals surface area contributed by atoms with Crippen LogP contribution in [0.3, 0.4) is 0 Å². The Balaban J connectivity index is 1.03. The Labute approximate surface area is 241 Å². The van der Waals surface area contributed by atoms with E-state index < -0.39 is 0 Å². The van der Waals surface area contributed by atoms with Gasteiger partial charge in [0.2, 0.25) is 5.91 Å². The summed E-state index contributed by atoms with van der Waals surface area (Å²) in [5, 5.41) is 3.45. The smallest absolute Gasteiger partial charge is 0.246 e. The molecule has 224 valence electrons. The summed E-state index contributed by atoms with van der Waals surface area (Å²) in [6, 6.07) is 0. The van der Waals surface area contributed by atoms with E-state index in [1.807, 2.05) is 0 Å². The first kappa shape index (κ1) is 29.9. The van der Waals surface area contributed by atoms with Crippen LogP contribution in [0.1, 0.15) is 180 Å². The van der Waals surface area contributed by atoms with Crippen molar-refractivity contribution in [2.75, 3.05) is 6.61 Å². The third-order valence-electron chi connectivity index (χ3n) is 12.2. The summed E-state index contributed by atoms with van der Waals surface area (Å²) in [4.78, 5) is 12.8. The Kier molecular flexibility index (Phi) is 11.5. The Morgan fingerprint density at radius 2 is 0.949 bits per heavy atom. The molecule has 0 heterocycles. The number of nitrogens with one attached hydrogen (secondary N) is 1. The maximum absolute atomic E-state index is 12.8. The van der Waals surface area contributed by atoms with Crippen LogP contribution >= 0.6 is 0 Å². The summed E-state index contributed by atoms with van der Waals surface area (Å²) in [5.41, 5.74) is 0.703. The fourth-order valence-corrected chi connectivity index (χ4v) is 10.0. The topological polar surface area (TPSA) is 38.3 Å². The summed E-state index contributed by atoms with van der Waals surface area (Å²) in [7, 11) is 0. The molecule has 2 atom stereocenters.